The Morgan fingerprint density at radius 2 is 1.88 bits per heavy atom. The summed E-state index contributed by atoms with van der Waals surface area (Å²) in [5.41, 5.74) is -0.700. The molecule has 1 saturated carbocycles. The lowest BCUT2D eigenvalue weighted by Crippen LogP contribution is -2.46. The van der Waals surface area contributed by atoms with Crippen LogP contribution in [0.2, 0.25) is 0 Å². The van der Waals surface area contributed by atoms with Crippen LogP contribution in [0.5, 0.6) is 0 Å². The zero-order valence-corrected chi connectivity index (χ0v) is 10.1. The highest BCUT2D eigenvalue weighted by Gasteiger charge is 2.35. The number of aliphatic carboxylic acids is 1. The van der Waals surface area contributed by atoms with Gasteiger partial charge in [0.05, 0.1) is 11.5 Å². The second-order valence-corrected chi connectivity index (χ2v) is 5.36. The summed E-state index contributed by atoms with van der Waals surface area (Å²) >= 11 is 0. The van der Waals surface area contributed by atoms with Crippen LogP contribution in [0.1, 0.15) is 38.5 Å². The van der Waals surface area contributed by atoms with E-state index in [4.69, 9.17) is 5.11 Å². The van der Waals surface area contributed by atoms with Crippen molar-refractivity contribution in [3.63, 3.8) is 0 Å². The van der Waals surface area contributed by atoms with Crippen molar-refractivity contribution in [2.45, 2.75) is 50.2 Å². The predicted octanol–water partition coefficient (Wildman–Crippen LogP) is 1.30. The first-order valence-electron chi connectivity index (χ1n) is 6.43. The molecule has 3 N–H and O–H groups in total. The van der Waals surface area contributed by atoms with Gasteiger partial charge in [0, 0.05) is 12.6 Å². The predicted molar refractivity (Wildman–Crippen MR) is 64.7 cm³/mol. The standard InChI is InChI=1S/C13H21NO3/c15-12(16)10-5-7-13(17,8-6-10)9-14-11-3-1-2-4-11/h1-2,10-11,14,17H,3-9H2,(H,15,16). The van der Waals surface area contributed by atoms with Crippen LogP contribution in [-0.4, -0.2) is 34.4 Å². The maximum atomic E-state index is 10.8. The molecule has 2 aliphatic rings. The summed E-state index contributed by atoms with van der Waals surface area (Å²) in [6, 6.07) is 0.455. The van der Waals surface area contributed by atoms with Crippen molar-refractivity contribution in [1.29, 1.82) is 0 Å². The topological polar surface area (TPSA) is 69.6 Å². The Labute approximate surface area is 102 Å². The largest absolute Gasteiger partial charge is 0.481 e. The van der Waals surface area contributed by atoms with Gasteiger partial charge >= 0.3 is 5.97 Å². The van der Waals surface area contributed by atoms with Gasteiger partial charge < -0.3 is 15.5 Å². The molecular weight excluding hydrogens is 218 g/mol. The quantitative estimate of drug-likeness (QED) is 0.647. The molecule has 4 heteroatoms. The van der Waals surface area contributed by atoms with Gasteiger partial charge in [0.15, 0.2) is 0 Å². The van der Waals surface area contributed by atoms with E-state index in [2.05, 4.69) is 17.5 Å². The Kier molecular flexibility index (Phi) is 3.84. The Balaban J connectivity index is 1.74. The molecule has 0 amide bonds. The van der Waals surface area contributed by atoms with Gasteiger partial charge in [0.25, 0.3) is 0 Å². The van der Waals surface area contributed by atoms with Crippen LogP contribution in [0.25, 0.3) is 0 Å². The minimum absolute atomic E-state index is 0.261. The van der Waals surface area contributed by atoms with E-state index in [0.717, 1.165) is 12.8 Å². The average molecular weight is 239 g/mol. The summed E-state index contributed by atoms with van der Waals surface area (Å²) in [6.45, 7) is 0.589. The number of carboxylic acid groups (broad SMARTS) is 1. The highest BCUT2D eigenvalue weighted by Crippen LogP contribution is 2.32. The molecule has 0 bridgehead atoms. The van der Waals surface area contributed by atoms with Crippen molar-refractivity contribution in [1.82, 2.24) is 5.32 Å². The molecule has 0 aromatic rings. The van der Waals surface area contributed by atoms with Crippen molar-refractivity contribution in [2.24, 2.45) is 5.92 Å². The first-order valence-corrected chi connectivity index (χ1v) is 6.43. The van der Waals surface area contributed by atoms with E-state index in [1.165, 1.54) is 0 Å². The molecule has 0 saturated heterocycles. The number of hydrogen-bond acceptors (Lipinski definition) is 3. The zero-order valence-electron chi connectivity index (χ0n) is 10.1. The average Bonchev–Trinajstić information content (AvgIpc) is 2.80. The van der Waals surface area contributed by atoms with E-state index in [1.807, 2.05) is 0 Å². The Morgan fingerprint density at radius 1 is 1.29 bits per heavy atom. The highest BCUT2D eigenvalue weighted by molar-refractivity contribution is 5.70. The number of rotatable bonds is 4. The molecular formula is C13H21NO3. The summed E-state index contributed by atoms with van der Waals surface area (Å²) in [7, 11) is 0. The van der Waals surface area contributed by atoms with Crippen LogP contribution in [0.15, 0.2) is 12.2 Å². The van der Waals surface area contributed by atoms with Crippen LogP contribution >= 0.6 is 0 Å². The van der Waals surface area contributed by atoms with Crippen molar-refractivity contribution < 1.29 is 15.0 Å². The fraction of sp³-hybridized carbons (Fsp3) is 0.769. The van der Waals surface area contributed by atoms with E-state index in [-0.39, 0.29) is 5.92 Å². The van der Waals surface area contributed by atoms with Crippen molar-refractivity contribution in [3.05, 3.63) is 12.2 Å². The van der Waals surface area contributed by atoms with Gasteiger partial charge in [-0.2, -0.15) is 0 Å². The van der Waals surface area contributed by atoms with E-state index >= 15 is 0 Å². The highest BCUT2D eigenvalue weighted by atomic mass is 16.4. The van der Waals surface area contributed by atoms with Crippen LogP contribution < -0.4 is 5.32 Å². The van der Waals surface area contributed by atoms with Crippen LogP contribution in [0.4, 0.5) is 0 Å². The Hall–Kier alpha value is -0.870. The minimum Gasteiger partial charge on any atom is -0.481 e. The molecule has 17 heavy (non-hydrogen) atoms. The molecule has 0 aliphatic heterocycles. The number of hydrogen-bond donors (Lipinski definition) is 3. The molecule has 1 fully saturated rings. The molecule has 0 atom stereocenters. The molecule has 0 radical (unpaired) electrons. The minimum atomic E-state index is -0.722. The van der Waals surface area contributed by atoms with Gasteiger partial charge in [-0.05, 0) is 38.5 Å². The smallest absolute Gasteiger partial charge is 0.306 e. The maximum Gasteiger partial charge on any atom is 0.306 e. The van der Waals surface area contributed by atoms with E-state index in [9.17, 15) is 9.90 Å². The summed E-state index contributed by atoms with van der Waals surface area (Å²) in [5.74, 6) is -0.983. The molecule has 4 nitrogen and oxygen atoms in total. The SMILES string of the molecule is O=C(O)C1CCC(O)(CNC2CC=CC2)CC1. The molecule has 2 aliphatic carbocycles. The third kappa shape index (κ3) is 3.30. The lowest BCUT2D eigenvalue weighted by atomic mass is 9.78. The molecule has 2 rings (SSSR count). The van der Waals surface area contributed by atoms with Gasteiger partial charge in [0.2, 0.25) is 0 Å². The summed E-state index contributed by atoms with van der Waals surface area (Å²) < 4.78 is 0. The van der Waals surface area contributed by atoms with Crippen molar-refractivity contribution in [2.75, 3.05) is 6.54 Å². The molecule has 0 unspecified atom stereocenters. The fourth-order valence-electron chi connectivity index (χ4n) is 2.70. The van der Waals surface area contributed by atoms with Gasteiger partial charge in [-0.15, -0.1) is 0 Å². The van der Waals surface area contributed by atoms with Gasteiger partial charge in [-0.1, -0.05) is 12.2 Å². The number of carboxylic acids is 1. The molecule has 96 valence electrons. The lowest BCUT2D eigenvalue weighted by Gasteiger charge is -2.35. The second kappa shape index (κ2) is 5.19. The third-order valence-corrected chi connectivity index (χ3v) is 3.99. The maximum absolute atomic E-state index is 10.8. The molecule has 0 spiro atoms. The van der Waals surface area contributed by atoms with Gasteiger partial charge in [-0.3, -0.25) is 4.79 Å². The summed E-state index contributed by atoms with van der Waals surface area (Å²) in [6.07, 6.45) is 8.76. The van der Waals surface area contributed by atoms with Crippen molar-refractivity contribution in [3.8, 4) is 0 Å². The summed E-state index contributed by atoms with van der Waals surface area (Å²) in [4.78, 5) is 10.8. The van der Waals surface area contributed by atoms with Gasteiger partial charge in [-0.25, -0.2) is 0 Å². The summed E-state index contributed by atoms with van der Waals surface area (Å²) in [5, 5.41) is 22.6. The number of carbonyl (C=O) groups is 1. The van der Waals surface area contributed by atoms with E-state index in [0.29, 0.717) is 38.3 Å². The number of aliphatic hydroxyl groups is 1. The van der Waals surface area contributed by atoms with E-state index in [1.54, 1.807) is 0 Å². The monoisotopic (exact) mass is 239 g/mol. The van der Waals surface area contributed by atoms with Crippen LogP contribution in [0.3, 0.4) is 0 Å². The third-order valence-electron chi connectivity index (χ3n) is 3.99. The first-order chi connectivity index (χ1) is 8.09. The zero-order chi connectivity index (χ0) is 12.3. The second-order valence-electron chi connectivity index (χ2n) is 5.36. The normalized spacial score (nSPS) is 34.1. The molecule has 0 aromatic heterocycles. The molecule has 0 heterocycles. The fourth-order valence-corrected chi connectivity index (χ4v) is 2.70. The van der Waals surface area contributed by atoms with Crippen LogP contribution in [0, 0.1) is 5.92 Å². The Morgan fingerprint density at radius 3 is 2.41 bits per heavy atom. The number of nitrogens with one attached hydrogen (secondary N) is 1. The Bertz CT molecular complexity index is 298. The first kappa shape index (κ1) is 12.6. The molecule has 0 aromatic carbocycles. The van der Waals surface area contributed by atoms with Gasteiger partial charge in [0.1, 0.15) is 0 Å². The van der Waals surface area contributed by atoms with Crippen molar-refractivity contribution >= 4 is 5.97 Å². The van der Waals surface area contributed by atoms with E-state index < -0.39 is 11.6 Å². The van der Waals surface area contributed by atoms with Crippen LogP contribution in [-0.2, 0) is 4.79 Å². The lowest BCUT2D eigenvalue weighted by molar-refractivity contribution is -0.144.